The van der Waals surface area contributed by atoms with E-state index in [9.17, 15) is 4.79 Å². The van der Waals surface area contributed by atoms with E-state index in [0.29, 0.717) is 12.6 Å². The predicted molar refractivity (Wildman–Crippen MR) is 76.7 cm³/mol. The van der Waals surface area contributed by atoms with Gasteiger partial charge in [0.1, 0.15) is 0 Å². The molecule has 19 heavy (non-hydrogen) atoms. The normalized spacial score (nSPS) is 14.5. The van der Waals surface area contributed by atoms with E-state index in [2.05, 4.69) is 25.7 Å². The number of carbonyl (C=O) groups excluding carboxylic acids is 1. The van der Waals surface area contributed by atoms with Gasteiger partial charge < -0.3 is 10.5 Å². The maximum absolute atomic E-state index is 12.1. The van der Waals surface area contributed by atoms with Gasteiger partial charge in [-0.3, -0.25) is 4.90 Å². The van der Waals surface area contributed by atoms with Crippen LogP contribution in [0.1, 0.15) is 26.3 Å². The molecule has 1 aromatic carbocycles. The maximum atomic E-state index is 12.1. The number of nitrogens with zero attached hydrogens (tertiary/aromatic N) is 1. The Kier molecular flexibility index (Phi) is 5.51. The zero-order valence-electron chi connectivity index (χ0n) is 12.2. The molecule has 2 N–H and O–H groups in total. The lowest BCUT2D eigenvalue weighted by Crippen LogP contribution is -2.55. The Balaban J connectivity index is 3.11. The van der Waals surface area contributed by atoms with Gasteiger partial charge in [0.2, 0.25) is 0 Å². The Morgan fingerprint density at radius 3 is 2.37 bits per heavy atom. The summed E-state index contributed by atoms with van der Waals surface area (Å²) >= 11 is 0. The molecule has 0 heterocycles. The molecule has 0 aliphatic heterocycles. The average Bonchev–Trinajstić information content (AvgIpc) is 2.44. The highest BCUT2D eigenvalue weighted by atomic mass is 16.5. The van der Waals surface area contributed by atoms with Crippen molar-refractivity contribution in [2.24, 2.45) is 5.73 Å². The maximum Gasteiger partial charge on any atom is 0.331 e. The summed E-state index contributed by atoms with van der Waals surface area (Å²) in [4.78, 5) is 14.3. The molecule has 0 saturated heterocycles. The lowest BCUT2D eigenvalue weighted by atomic mass is 9.90. The predicted octanol–water partition coefficient (Wildman–Crippen LogP) is 1.74. The summed E-state index contributed by atoms with van der Waals surface area (Å²) in [6, 6.07) is 9.72. The number of rotatable bonds is 6. The second kappa shape index (κ2) is 6.68. The van der Waals surface area contributed by atoms with E-state index in [-0.39, 0.29) is 0 Å². The first-order valence-electron chi connectivity index (χ1n) is 6.62. The number of likely N-dealkylation sites (N-methyl/N-ethyl adjacent to an activating group) is 1. The lowest BCUT2D eigenvalue weighted by molar-refractivity contribution is -0.148. The van der Waals surface area contributed by atoms with Gasteiger partial charge in [0.25, 0.3) is 0 Å². The SMILES string of the molecule is CCN(CC(N)(C(=O)OC)c1ccccc1)C(C)C. The van der Waals surface area contributed by atoms with Crippen LogP contribution in [0.2, 0.25) is 0 Å². The standard InChI is InChI=1S/C15H24N2O2/c1-5-17(12(2)3)11-15(16,14(18)19-4)13-9-7-6-8-10-13/h6-10,12H,5,11,16H2,1-4H3. The van der Waals surface area contributed by atoms with E-state index in [1.54, 1.807) is 0 Å². The summed E-state index contributed by atoms with van der Waals surface area (Å²) < 4.78 is 4.90. The molecule has 1 aromatic rings. The average molecular weight is 264 g/mol. The van der Waals surface area contributed by atoms with E-state index in [1.165, 1.54) is 7.11 Å². The third-order valence-electron chi connectivity index (χ3n) is 3.43. The Bertz CT molecular complexity index is 406. The third-order valence-corrected chi connectivity index (χ3v) is 3.43. The fourth-order valence-corrected chi connectivity index (χ4v) is 2.17. The van der Waals surface area contributed by atoms with E-state index >= 15 is 0 Å². The van der Waals surface area contributed by atoms with Gasteiger partial charge in [-0.05, 0) is 26.0 Å². The van der Waals surface area contributed by atoms with Gasteiger partial charge >= 0.3 is 5.97 Å². The Morgan fingerprint density at radius 1 is 1.37 bits per heavy atom. The van der Waals surface area contributed by atoms with E-state index < -0.39 is 11.5 Å². The van der Waals surface area contributed by atoms with Gasteiger partial charge in [-0.1, -0.05) is 37.3 Å². The van der Waals surface area contributed by atoms with Crippen molar-refractivity contribution in [2.75, 3.05) is 20.2 Å². The molecule has 0 aliphatic carbocycles. The van der Waals surface area contributed by atoms with Crippen LogP contribution in [0.25, 0.3) is 0 Å². The van der Waals surface area contributed by atoms with Gasteiger partial charge in [-0.25, -0.2) is 4.79 Å². The van der Waals surface area contributed by atoms with Crippen molar-refractivity contribution in [1.82, 2.24) is 4.90 Å². The summed E-state index contributed by atoms with van der Waals surface area (Å²) in [7, 11) is 1.37. The zero-order chi connectivity index (χ0) is 14.5. The van der Waals surface area contributed by atoms with Crippen molar-refractivity contribution < 1.29 is 9.53 Å². The minimum Gasteiger partial charge on any atom is -0.467 e. The van der Waals surface area contributed by atoms with Gasteiger partial charge in [-0.2, -0.15) is 0 Å². The van der Waals surface area contributed by atoms with Crippen LogP contribution >= 0.6 is 0 Å². The summed E-state index contributed by atoms with van der Waals surface area (Å²) in [5.41, 5.74) is 6.02. The molecule has 0 fully saturated rings. The first-order chi connectivity index (χ1) is 8.95. The summed E-state index contributed by atoms with van der Waals surface area (Å²) in [5, 5.41) is 0. The van der Waals surface area contributed by atoms with Crippen molar-refractivity contribution >= 4 is 5.97 Å². The van der Waals surface area contributed by atoms with Crippen LogP contribution in [0, 0.1) is 0 Å². The van der Waals surface area contributed by atoms with Gasteiger partial charge in [0.05, 0.1) is 7.11 Å². The number of benzene rings is 1. The summed E-state index contributed by atoms with van der Waals surface area (Å²) in [6.45, 7) is 7.51. The van der Waals surface area contributed by atoms with Gasteiger partial charge in [0.15, 0.2) is 5.54 Å². The molecule has 1 rings (SSSR count). The molecule has 1 atom stereocenters. The molecular weight excluding hydrogens is 240 g/mol. The fourth-order valence-electron chi connectivity index (χ4n) is 2.17. The second-order valence-corrected chi connectivity index (χ2v) is 4.99. The molecule has 4 nitrogen and oxygen atoms in total. The minimum absolute atomic E-state index is 0.321. The van der Waals surface area contributed by atoms with Crippen LogP contribution in [-0.4, -0.2) is 37.1 Å². The smallest absolute Gasteiger partial charge is 0.331 e. The first-order valence-corrected chi connectivity index (χ1v) is 6.62. The monoisotopic (exact) mass is 264 g/mol. The van der Waals surface area contributed by atoms with Gasteiger partial charge in [0, 0.05) is 12.6 Å². The molecule has 106 valence electrons. The molecule has 0 spiro atoms. The van der Waals surface area contributed by atoms with Crippen molar-refractivity contribution in [2.45, 2.75) is 32.4 Å². The molecule has 0 aliphatic rings. The zero-order valence-corrected chi connectivity index (χ0v) is 12.2. The van der Waals surface area contributed by atoms with Crippen LogP contribution in [0.5, 0.6) is 0 Å². The first kappa shape index (κ1) is 15.7. The highest BCUT2D eigenvalue weighted by Crippen LogP contribution is 2.22. The van der Waals surface area contributed by atoms with E-state index in [1.807, 2.05) is 30.3 Å². The fraction of sp³-hybridized carbons (Fsp3) is 0.533. The number of esters is 1. The van der Waals surface area contributed by atoms with Gasteiger partial charge in [-0.15, -0.1) is 0 Å². The Hall–Kier alpha value is -1.39. The number of nitrogens with two attached hydrogens (primary N) is 1. The second-order valence-electron chi connectivity index (χ2n) is 4.99. The largest absolute Gasteiger partial charge is 0.467 e. The molecule has 0 bridgehead atoms. The number of carbonyl (C=O) groups is 1. The van der Waals surface area contributed by atoms with Crippen LogP contribution in [-0.2, 0) is 15.1 Å². The topological polar surface area (TPSA) is 55.6 Å². The van der Waals surface area contributed by atoms with Crippen molar-refractivity contribution in [3.05, 3.63) is 35.9 Å². The van der Waals surface area contributed by atoms with Crippen LogP contribution in [0.4, 0.5) is 0 Å². The van der Waals surface area contributed by atoms with Crippen LogP contribution in [0.3, 0.4) is 0 Å². The van der Waals surface area contributed by atoms with Crippen LogP contribution in [0.15, 0.2) is 30.3 Å². The molecule has 0 amide bonds. The van der Waals surface area contributed by atoms with Crippen molar-refractivity contribution in [3.8, 4) is 0 Å². The van der Waals surface area contributed by atoms with Crippen LogP contribution < -0.4 is 5.73 Å². The quantitative estimate of drug-likeness (QED) is 0.795. The van der Waals surface area contributed by atoms with E-state index in [0.717, 1.165) is 12.1 Å². The van der Waals surface area contributed by atoms with Crippen molar-refractivity contribution in [3.63, 3.8) is 0 Å². The number of ether oxygens (including phenoxy) is 1. The Morgan fingerprint density at radius 2 is 1.95 bits per heavy atom. The molecule has 4 heteroatoms. The van der Waals surface area contributed by atoms with E-state index in [4.69, 9.17) is 10.5 Å². The highest BCUT2D eigenvalue weighted by Gasteiger charge is 2.39. The molecule has 0 saturated carbocycles. The Labute approximate surface area is 115 Å². The molecule has 0 aromatic heterocycles. The highest BCUT2D eigenvalue weighted by molar-refractivity contribution is 5.82. The summed E-state index contributed by atoms with van der Waals surface area (Å²) in [6.07, 6.45) is 0. The molecule has 0 radical (unpaired) electrons. The lowest BCUT2D eigenvalue weighted by Gasteiger charge is -2.35. The van der Waals surface area contributed by atoms with Crippen molar-refractivity contribution in [1.29, 1.82) is 0 Å². The number of hydrogen-bond acceptors (Lipinski definition) is 4. The molecule has 1 unspecified atom stereocenters. The number of methoxy groups -OCH3 is 1. The molecular formula is C15H24N2O2. The third kappa shape index (κ3) is 3.55. The summed E-state index contributed by atoms with van der Waals surface area (Å²) in [5.74, 6) is -0.405. The number of hydrogen-bond donors (Lipinski definition) is 1. The minimum atomic E-state index is -1.13.